The zero-order valence-electron chi connectivity index (χ0n) is 23.6. The SMILES string of the molecule is N=C(N)NCCC[C@H](C(=O)NCC(=O)O)N(Cc1ccc(COC(N)=O)cc1)C(=O)C(c1ccccc1)c1ccccc1. The smallest absolute Gasteiger partial charge is 0.404 e. The molecule has 0 saturated heterocycles. The molecule has 0 fully saturated rings. The third-order valence-corrected chi connectivity index (χ3v) is 6.62. The number of carbonyl (C=O) groups excluding carboxylic acids is 3. The van der Waals surface area contributed by atoms with Crippen molar-refractivity contribution in [1.29, 1.82) is 5.41 Å². The standard InChI is InChI=1S/C31H36N6O6/c32-30(33)35-17-7-12-25(28(40)36-18-26(38)39)37(19-21-13-15-22(16-14-21)20-43-31(34)42)29(41)27(23-8-3-1-4-9-23)24-10-5-2-6-11-24/h1-6,8-11,13-16,25,27H,7,12,17-20H2,(H2,34,42)(H,36,40)(H,38,39)(H4,32,33,35)/t25-/m1/s1. The average Bonchev–Trinajstić information content (AvgIpc) is 2.99. The fourth-order valence-corrected chi connectivity index (χ4v) is 4.60. The number of ether oxygens (including phenoxy) is 1. The second kappa shape index (κ2) is 16.2. The first kappa shape index (κ1) is 32.1. The van der Waals surface area contributed by atoms with Crippen molar-refractivity contribution in [3.05, 3.63) is 107 Å². The van der Waals surface area contributed by atoms with E-state index >= 15 is 0 Å². The molecule has 226 valence electrons. The van der Waals surface area contributed by atoms with Crippen molar-refractivity contribution >= 4 is 29.8 Å². The number of nitrogens with two attached hydrogens (primary N) is 2. The Bertz CT molecular complexity index is 1350. The molecule has 3 rings (SSSR count). The van der Waals surface area contributed by atoms with Gasteiger partial charge < -0.3 is 36.8 Å². The van der Waals surface area contributed by atoms with Crippen LogP contribution in [0.3, 0.4) is 0 Å². The number of hydrogen-bond donors (Lipinski definition) is 6. The van der Waals surface area contributed by atoms with Crippen LogP contribution >= 0.6 is 0 Å². The number of carboxylic acid groups (broad SMARTS) is 1. The van der Waals surface area contributed by atoms with Crippen LogP contribution in [0, 0.1) is 5.41 Å². The molecule has 43 heavy (non-hydrogen) atoms. The Balaban J connectivity index is 2.04. The van der Waals surface area contributed by atoms with Gasteiger partial charge in [0, 0.05) is 13.1 Å². The molecule has 0 spiro atoms. The van der Waals surface area contributed by atoms with Crippen LogP contribution in [0.4, 0.5) is 4.79 Å². The highest BCUT2D eigenvalue weighted by Crippen LogP contribution is 2.29. The summed E-state index contributed by atoms with van der Waals surface area (Å²) < 4.78 is 4.85. The van der Waals surface area contributed by atoms with Crippen LogP contribution in [0.15, 0.2) is 84.9 Å². The Kier molecular flexibility index (Phi) is 12.1. The first-order valence-electron chi connectivity index (χ1n) is 13.6. The quantitative estimate of drug-likeness (QED) is 0.0881. The van der Waals surface area contributed by atoms with E-state index < -0.39 is 36.5 Å². The Hall–Kier alpha value is -5.39. The molecule has 3 aromatic carbocycles. The first-order valence-corrected chi connectivity index (χ1v) is 13.6. The molecule has 12 nitrogen and oxygen atoms in total. The van der Waals surface area contributed by atoms with Crippen molar-refractivity contribution < 1.29 is 29.0 Å². The highest BCUT2D eigenvalue weighted by Gasteiger charge is 2.35. The minimum absolute atomic E-state index is 0.0221. The molecule has 0 unspecified atom stereocenters. The number of carbonyl (C=O) groups is 4. The highest BCUT2D eigenvalue weighted by atomic mass is 16.5. The van der Waals surface area contributed by atoms with Gasteiger partial charge in [0.05, 0.1) is 5.92 Å². The average molecular weight is 589 g/mol. The number of primary amides is 1. The predicted molar refractivity (Wildman–Crippen MR) is 160 cm³/mol. The number of aliphatic carboxylic acids is 1. The van der Waals surface area contributed by atoms with E-state index in [-0.39, 0.29) is 38.0 Å². The van der Waals surface area contributed by atoms with Crippen molar-refractivity contribution in [2.75, 3.05) is 13.1 Å². The first-order chi connectivity index (χ1) is 20.7. The minimum atomic E-state index is -1.22. The lowest BCUT2D eigenvalue weighted by molar-refractivity contribution is -0.143. The van der Waals surface area contributed by atoms with Crippen LogP contribution in [0.5, 0.6) is 0 Å². The van der Waals surface area contributed by atoms with E-state index in [0.29, 0.717) is 17.5 Å². The van der Waals surface area contributed by atoms with Crippen LogP contribution in [-0.2, 0) is 32.3 Å². The number of nitrogens with one attached hydrogen (secondary N) is 3. The topological polar surface area (TPSA) is 201 Å². The molecule has 8 N–H and O–H groups in total. The lowest BCUT2D eigenvalue weighted by atomic mass is 9.89. The summed E-state index contributed by atoms with van der Waals surface area (Å²) in [7, 11) is 0. The fraction of sp³-hybridized carbons (Fsp3) is 0.258. The largest absolute Gasteiger partial charge is 0.480 e. The van der Waals surface area contributed by atoms with Gasteiger partial charge >= 0.3 is 12.1 Å². The van der Waals surface area contributed by atoms with Gasteiger partial charge in [-0.2, -0.15) is 0 Å². The maximum atomic E-state index is 14.6. The predicted octanol–water partition coefficient (Wildman–Crippen LogP) is 2.28. The number of carboxylic acids is 1. The number of benzene rings is 3. The molecule has 0 aromatic heterocycles. The Labute approximate surface area is 249 Å². The molecular weight excluding hydrogens is 552 g/mol. The van der Waals surface area contributed by atoms with Crippen molar-refractivity contribution in [3.8, 4) is 0 Å². The van der Waals surface area contributed by atoms with E-state index in [0.717, 1.165) is 11.1 Å². The monoisotopic (exact) mass is 588 g/mol. The van der Waals surface area contributed by atoms with E-state index in [4.69, 9.17) is 21.6 Å². The zero-order valence-corrected chi connectivity index (χ0v) is 23.6. The normalized spacial score (nSPS) is 11.3. The molecule has 0 heterocycles. The van der Waals surface area contributed by atoms with Crippen LogP contribution in [0.1, 0.15) is 41.0 Å². The van der Waals surface area contributed by atoms with Gasteiger partial charge in [-0.25, -0.2) is 4.79 Å². The van der Waals surface area contributed by atoms with Crippen LogP contribution in [-0.4, -0.2) is 59.0 Å². The molecular formula is C31H36N6O6. The lowest BCUT2D eigenvalue weighted by Gasteiger charge is -2.34. The van der Waals surface area contributed by atoms with Crippen LogP contribution in [0.2, 0.25) is 0 Å². The van der Waals surface area contributed by atoms with Crippen LogP contribution < -0.4 is 22.1 Å². The Morgan fingerprint density at radius 3 is 1.91 bits per heavy atom. The number of nitrogens with zero attached hydrogens (tertiary/aromatic N) is 1. The minimum Gasteiger partial charge on any atom is -0.480 e. The fourth-order valence-electron chi connectivity index (χ4n) is 4.60. The third-order valence-electron chi connectivity index (χ3n) is 6.62. The van der Waals surface area contributed by atoms with E-state index in [1.54, 1.807) is 24.3 Å². The van der Waals surface area contributed by atoms with Crippen molar-refractivity contribution in [2.45, 2.75) is 38.0 Å². The van der Waals surface area contributed by atoms with Gasteiger partial charge in [0.1, 0.15) is 19.2 Å². The summed E-state index contributed by atoms with van der Waals surface area (Å²) >= 11 is 0. The van der Waals surface area contributed by atoms with Gasteiger partial charge in [0.25, 0.3) is 0 Å². The van der Waals surface area contributed by atoms with Crippen LogP contribution in [0.25, 0.3) is 0 Å². The molecule has 12 heteroatoms. The number of hydrogen-bond acceptors (Lipinski definition) is 6. The van der Waals surface area contributed by atoms with Gasteiger partial charge in [0.2, 0.25) is 11.8 Å². The highest BCUT2D eigenvalue weighted by molar-refractivity contribution is 5.93. The van der Waals surface area contributed by atoms with Gasteiger partial charge in [0.15, 0.2) is 5.96 Å². The van der Waals surface area contributed by atoms with E-state index in [9.17, 15) is 24.3 Å². The molecule has 0 bridgehead atoms. The lowest BCUT2D eigenvalue weighted by Crippen LogP contribution is -2.51. The maximum Gasteiger partial charge on any atom is 0.404 e. The third kappa shape index (κ3) is 10.2. The number of guanidine groups is 1. The van der Waals surface area contributed by atoms with Crippen molar-refractivity contribution in [1.82, 2.24) is 15.5 Å². The maximum absolute atomic E-state index is 14.6. The van der Waals surface area contributed by atoms with Crippen molar-refractivity contribution in [2.24, 2.45) is 11.5 Å². The van der Waals surface area contributed by atoms with Crippen molar-refractivity contribution in [3.63, 3.8) is 0 Å². The van der Waals surface area contributed by atoms with Gasteiger partial charge in [-0.05, 0) is 35.1 Å². The van der Waals surface area contributed by atoms with Gasteiger partial charge in [-0.15, -0.1) is 0 Å². The summed E-state index contributed by atoms with van der Waals surface area (Å²) in [5.41, 5.74) is 13.3. The Morgan fingerprint density at radius 1 is 0.837 bits per heavy atom. The number of amides is 3. The number of rotatable bonds is 15. The molecule has 1 atom stereocenters. The summed E-state index contributed by atoms with van der Waals surface area (Å²) in [5, 5.41) is 21.8. The van der Waals surface area contributed by atoms with E-state index in [1.807, 2.05) is 60.7 Å². The molecule has 3 aromatic rings. The summed E-state index contributed by atoms with van der Waals surface area (Å²) in [6.07, 6.45) is -0.374. The molecule has 0 aliphatic rings. The summed E-state index contributed by atoms with van der Waals surface area (Å²) in [6, 6.07) is 24.3. The second-order valence-corrected chi connectivity index (χ2v) is 9.75. The molecule has 0 saturated carbocycles. The van der Waals surface area contributed by atoms with E-state index in [2.05, 4.69) is 10.6 Å². The molecule has 0 radical (unpaired) electrons. The summed E-state index contributed by atoms with van der Waals surface area (Å²) in [4.78, 5) is 51.8. The summed E-state index contributed by atoms with van der Waals surface area (Å²) in [5.74, 6) is -3.17. The molecule has 0 aliphatic carbocycles. The van der Waals surface area contributed by atoms with Gasteiger partial charge in [-0.3, -0.25) is 19.8 Å². The zero-order chi connectivity index (χ0) is 31.2. The van der Waals surface area contributed by atoms with E-state index in [1.165, 1.54) is 4.90 Å². The molecule has 0 aliphatic heterocycles. The Morgan fingerprint density at radius 2 is 1.40 bits per heavy atom. The second-order valence-electron chi connectivity index (χ2n) is 9.75. The summed E-state index contributed by atoms with van der Waals surface area (Å²) in [6.45, 7) is -0.336. The molecule has 3 amide bonds. The van der Waals surface area contributed by atoms with Gasteiger partial charge in [-0.1, -0.05) is 84.9 Å².